The topological polar surface area (TPSA) is 50.9 Å². The SMILES string of the molecule is CCc1cccc2c(NN)c(C)c(-c3ccccc3)nc12. The Bertz CT molecular complexity index is 779. The average molecular weight is 277 g/mol. The maximum absolute atomic E-state index is 5.78. The van der Waals surface area contributed by atoms with Gasteiger partial charge in [-0.15, -0.1) is 0 Å². The number of rotatable bonds is 3. The molecule has 0 aliphatic heterocycles. The minimum Gasteiger partial charge on any atom is -0.323 e. The van der Waals surface area contributed by atoms with Crippen molar-refractivity contribution < 1.29 is 0 Å². The molecule has 0 radical (unpaired) electrons. The number of anilines is 1. The first-order valence-electron chi connectivity index (χ1n) is 7.20. The Balaban J connectivity index is 2.39. The summed E-state index contributed by atoms with van der Waals surface area (Å²) in [6.45, 7) is 4.20. The molecule has 0 unspecified atom stereocenters. The minimum atomic E-state index is 0.950. The molecule has 0 amide bonds. The van der Waals surface area contributed by atoms with Crippen LogP contribution in [-0.4, -0.2) is 4.98 Å². The average Bonchev–Trinajstić information content (AvgIpc) is 2.54. The van der Waals surface area contributed by atoms with Crippen molar-refractivity contribution in [3.63, 3.8) is 0 Å². The molecule has 0 saturated heterocycles. The van der Waals surface area contributed by atoms with Crippen LogP contribution in [0.4, 0.5) is 5.69 Å². The Morgan fingerprint density at radius 3 is 2.48 bits per heavy atom. The number of aromatic nitrogens is 1. The quantitative estimate of drug-likeness (QED) is 0.560. The number of aryl methyl sites for hydroxylation is 1. The number of nitrogens with one attached hydrogen (secondary N) is 1. The summed E-state index contributed by atoms with van der Waals surface area (Å²) in [5, 5.41) is 1.08. The number of fused-ring (bicyclic) bond motifs is 1. The Hall–Kier alpha value is -2.39. The predicted octanol–water partition coefficient (Wildman–Crippen LogP) is 4.06. The van der Waals surface area contributed by atoms with Crippen molar-refractivity contribution in [3.8, 4) is 11.3 Å². The molecule has 3 aromatic rings. The lowest BCUT2D eigenvalue weighted by atomic mass is 9.99. The molecule has 3 rings (SSSR count). The van der Waals surface area contributed by atoms with Crippen molar-refractivity contribution in [1.82, 2.24) is 4.98 Å². The number of hydrogen-bond donors (Lipinski definition) is 2. The molecule has 0 bridgehead atoms. The van der Waals surface area contributed by atoms with Gasteiger partial charge in [0.2, 0.25) is 0 Å². The van der Waals surface area contributed by atoms with Gasteiger partial charge >= 0.3 is 0 Å². The number of pyridine rings is 1. The second-order valence-electron chi connectivity index (χ2n) is 5.14. The zero-order valence-electron chi connectivity index (χ0n) is 12.4. The van der Waals surface area contributed by atoms with Crippen molar-refractivity contribution in [2.75, 3.05) is 5.43 Å². The summed E-state index contributed by atoms with van der Waals surface area (Å²) in [7, 11) is 0. The van der Waals surface area contributed by atoms with Gasteiger partial charge < -0.3 is 5.43 Å². The summed E-state index contributed by atoms with van der Waals surface area (Å²) in [4.78, 5) is 4.93. The fraction of sp³-hybridized carbons (Fsp3) is 0.167. The van der Waals surface area contributed by atoms with Crippen molar-refractivity contribution in [2.45, 2.75) is 20.3 Å². The molecule has 3 nitrogen and oxygen atoms in total. The molecule has 106 valence electrons. The molecular formula is C18H19N3. The van der Waals surface area contributed by atoms with Crippen LogP contribution >= 0.6 is 0 Å². The molecule has 0 saturated carbocycles. The second kappa shape index (κ2) is 5.54. The molecule has 0 aliphatic carbocycles. The van der Waals surface area contributed by atoms with E-state index in [1.54, 1.807) is 0 Å². The maximum atomic E-state index is 5.78. The van der Waals surface area contributed by atoms with Crippen LogP contribution in [0.5, 0.6) is 0 Å². The van der Waals surface area contributed by atoms with Crippen molar-refractivity contribution >= 4 is 16.6 Å². The van der Waals surface area contributed by atoms with E-state index in [2.05, 4.69) is 49.6 Å². The molecule has 3 N–H and O–H groups in total. The molecule has 0 spiro atoms. The Kier molecular flexibility index (Phi) is 3.59. The van der Waals surface area contributed by atoms with Crippen LogP contribution in [0.3, 0.4) is 0 Å². The lowest BCUT2D eigenvalue weighted by Crippen LogP contribution is -2.10. The molecule has 1 aromatic heterocycles. The number of nitrogen functional groups attached to an aromatic ring is 1. The highest BCUT2D eigenvalue weighted by Crippen LogP contribution is 2.34. The van der Waals surface area contributed by atoms with Gasteiger partial charge in [0, 0.05) is 16.5 Å². The van der Waals surface area contributed by atoms with E-state index in [0.717, 1.165) is 39.8 Å². The number of nitrogens with two attached hydrogens (primary N) is 1. The molecule has 21 heavy (non-hydrogen) atoms. The fourth-order valence-corrected chi connectivity index (χ4v) is 2.79. The monoisotopic (exact) mass is 277 g/mol. The summed E-state index contributed by atoms with van der Waals surface area (Å²) in [5.41, 5.74) is 9.24. The van der Waals surface area contributed by atoms with E-state index in [1.165, 1.54) is 5.56 Å². The molecule has 0 atom stereocenters. The highest BCUT2D eigenvalue weighted by atomic mass is 15.2. The Morgan fingerprint density at radius 1 is 1.05 bits per heavy atom. The van der Waals surface area contributed by atoms with E-state index in [-0.39, 0.29) is 0 Å². The third-order valence-electron chi connectivity index (χ3n) is 3.92. The molecule has 3 heteroatoms. The van der Waals surface area contributed by atoms with E-state index < -0.39 is 0 Å². The fourth-order valence-electron chi connectivity index (χ4n) is 2.79. The van der Waals surface area contributed by atoms with Gasteiger partial charge in [-0.2, -0.15) is 0 Å². The summed E-state index contributed by atoms with van der Waals surface area (Å²) in [6, 6.07) is 16.5. The van der Waals surface area contributed by atoms with Gasteiger partial charge in [-0.1, -0.05) is 55.5 Å². The predicted molar refractivity (Wildman–Crippen MR) is 89.1 cm³/mol. The number of hydrogen-bond acceptors (Lipinski definition) is 3. The van der Waals surface area contributed by atoms with Crippen LogP contribution in [0.1, 0.15) is 18.1 Å². The number of para-hydroxylation sites is 1. The normalized spacial score (nSPS) is 10.8. The van der Waals surface area contributed by atoms with E-state index in [0.29, 0.717) is 0 Å². The standard InChI is InChI=1S/C18H19N3/c1-3-13-10-7-11-15-17(21-19)12(2)16(20-18(13)15)14-8-5-4-6-9-14/h4-11H,3,19H2,1-2H3,(H,20,21). The zero-order chi connectivity index (χ0) is 14.8. The summed E-state index contributed by atoms with van der Waals surface area (Å²) in [5.74, 6) is 5.78. The lowest BCUT2D eigenvalue weighted by molar-refractivity contribution is 1.14. The largest absolute Gasteiger partial charge is 0.323 e. The summed E-state index contributed by atoms with van der Waals surface area (Å²) in [6.07, 6.45) is 0.950. The van der Waals surface area contributed by atoms with Crippen LogP contribution in [0.2, 0.25) is 0 Å². The van der Waals surface area contributed by atoms with Crippen molar-refractivity contribution in [2.24, 2.45) is 5.84 Å². The number of nitrogens with zero attached hydrogens (tertiary/aromatic N) is 1. The second-order valence-corrected chi connectivity index (χ2v) is 5.14. The minimum absolute atomic E-state index is 0.950. The zero-order valence-corrected chi connectivity index (χ0v) is 12.4. The third-order valence-corrected chi connectivity index (χ3v) is 3.92. The Labute approximate surface area is 124 Å². The van der Waals surface area contributed by atoms with Crippen molar-refractivity contribution in [1.29, 1.82) is 0 Å². The molecular weight excluding hydrogens is 258 g/mol. The first kappa shape index (κ1) is 13.6. The van der Waals surface area contributed by atoms with Gasteiger partial charge in [-0.3, -0.25) is 5.84 Å². The van der Waals surface area contributed by atoms with Crippen LogP contribution < -0.4 is 11.3 Å². The summed E-state index contributed by atoms with van der Waals surface area (Å²) < 4.78 is 0. The van der Waals surface area contributed by atoms with E-state index in [4.69, 9.17) is 10.8 Å². The molecule has 0 aliphatic rings. The maximum Gasteiger partial charge on any atom is 0.0762 e. The van der Waals surface area contributed by atoms with Gasteiger partial charge in [0.05, 0.1) is 16.9 Å². The number of hydrazine groups is 1. The first-order chi connectivity index (χ1) is 10.3. The van der Waals surface area contributed by atoms with Crippen LogP contribution in [0, 0.1) is 6.92 Å². The van der Waals surface area contributed by atoms with E-state index >= 15 is 0 Å². The lowest BCUT2D eigenvalue weighted by Gasteiger charge is -2.15. The number of benzene rings is 2. The Morgan fingerprint density at radius 2 is 1.81 bits per heavy atom. The molecule has 2 aromatic carbocycles. The van der Waals surface area contributed by atoms with Crippen molar-refractivity contribution in [3.05, 3.63) is 59.7 Å². The van der Waals surface area contributed by atoms with Gasteiger partial charge in [0.15, 0.2) is 0 Å². The van der Waals surface area contributed by atoms with Crippen LogP contribution in [0.25, 0.3) is 22.2 Å². The van der Waals surface area contributed by atoms with E-state index in [9.17, 15) is 0 Å². The third kappa shape index (κ3) is 2.26. The van der Waals surface area contributed by atoms with Gasteiger partial charge in [-0.25, -0.2) is 4.98 Å². The van der Waals surface area contributed by atoms with Gasteiger partial charge in [0.1, 0.15) is 0 Å². The molecule has 1 heterocycles. The van der Waals surface area contributed by atoms with Gasteiger partial charge in [-0.05, 0) is 18.9 Å². The summed E-state index contributed by atoms with van der Waals surface area (Å²) >= 11 is 0. The van der Waals surface area contributed by atoms with E-state index in [1.807, 2.05) is 18.2 Å². The highest BCUT2D eigenvalue weighted by Gasteiger charge is 2.14. The smallest absolute Gasteiger partial charge is 0.0762 e. The van der Waals surface area contributed by atoms with Crippen LogP contribution in [-0.2, 0) is 6.42 Å². The molecule has 0 fully saturated rings. The highest BCUT2D eigenvalue weighted by molar-refractivity contribution is 5.97. The van der Waals surface area contributed by atoms with Crippen LogP contribution in [0.15, 0.2) is 48.5 Å². The van der Waals surface area contributed by atoms with Gasteiger partial charge in [0.25, 0.3) is 0 Å². The first-order valence-corrected chi connectivity index (χ1v) is 7.20.